The third kappa shape index (κ3) is 6.48. The van der Waals surface area contributed by atoms with Crippen LogP contribution in [0.4, 0.5) is 0 Å². The second kappa shape index (κ2) is 9.05. The van der Waals surface area contributed by atoms with Crippen LogP contribution in [-0.4, -0.2) is 31.6 Å². The predicted octanol–water partition coefficient (Wildman–Crippen LogP) is 2.87. The smallest absolute Gasteiger partial charge is 0.220 e. The van der Waals surface area contributed by atoms with Crippen molar-refractivity contribution in [2.75, 3.05) is 19.7 Å². The fourth-order valence-corrected chi connectivity index (χ4v) is 2.65. The molecule has 2 rings (SSSR count). The zero-order chi connectivity index (χ0) is 14.9. The molecule has 1 unspecified atom stereocenters. The molecule has 1 heterocycles. The zero-order valence-corrected chi connectivity index (χ0v) is 13.8. The van der Waals surface area contributed by atoms with Gasteiger partial charge in [0, 0.05) is 23.5 Å². The van der Waals surface area contributed by atoms with Crippen LogP contribution in [0.1, 0.15) is 32.1 Å². The topological polar surface area (TPSA) is 50.4 Å². The van der Waals surface area contributed by atoms with Crippen LogP contribution in [0.5, 0.6) is 5.75 Å². The maximum absolute atomic E-state index is 11.8. The van der Waals surface area contributed by atoms with Gasteiger partial charge in [-0.05, 0) is 56.5 Å². The number of hydrogen-bond acceptors (Lipinski definition) is 3. The summed E-state index contributed by atoms with van der Waals surface area (Å²) in [5, 5.41) is 6.39. The van der Waals surface area contributed by atoms with E-state index in [1.165, 1.54) is 0 Å². The number of unbranched alkanes of at least 4 members (excludes halogenated alkanes) is 1. The SMILES string of the molecule is O=C(CCCCOc1ccc(Br)cc1)NC1CCCNC1. The highest BCUT2D eigenvalue weighted by atomic mass is 79.9. The van der Waals surface area contributed by atoms with Gasteiger partial charge in [0.2, 0.25) is 5.91 Å². The first-order valence-corrected chi connectivity index (χ1v) is 8.42. The first kappa shape index (κ1) is 16.3. The van der Waals surface area contributed by atoms with Gasteiger partial charge in [0.15, 0.2) is 0 Å². The molecule has 1 amide bonds. The highest BCUT2D eigenvalue weighted by Crippen LogP contribution is 2.16. The molecular formula is C16H23BrN2O2. The second-order valence-electron chi connectivity index (χ2n) is 5.37. The van der Waals surface area contributed by atoms with Gasteiger partial charge in [-0.2, -0.15) is 0 Å². The van der Waals surface area contributed by atoms with Crippen LogP contribution < -0.4 is 15.4 Å². The monoisotopic (exact) mass is 354 g/mol. The maximum atomic E-state index is 11.8. The Morgan fingerprint density at radius 1 is 1.33 bits per heavy atom. The van der Waals surface area contributed by atoms with Gasteiger partial charge >= 0.3 is 0 Å². The number of rotatable bonds is 7. The number of ether oxygens (including phenoxy) is 1. The number of hydrogen-bond donors (Lipinski definition) is 2. The van der Waals surface area contributed by atoms with Gasteiger partial charge in [-0.3, -0.25) is 4.79 Å². The number of piperidine rings is 1. The molecule has 0 bridgehead atoms. The van der Waals surface area contributed by atoms with E-state index in [-0.39, 0.29) is 5.91 Å². The lowest BCUT2D eigenvalue weighted by Crippen LogP contribution is -2.45. The molecule has 5 heteroatoms. The quantitative estimate of drug-likeness (QED) is 0.740. The van der Waals surface area contributed by atoms with Gasteiger partial charge in [0.25, 0.3) is 0 Å². The van der Waals surface area contributed by atoms with Crippen LogP contribution in [0.25, 0.3) is 0 Å². The Bertz CT molecular complexity index is 430. The van der Waals surface area contributed by atoms with Crippen LogP contribution >= 0.6 is 15.9 Å². The molecule has 1 fully saturated rings. The normalized spacial score (nSPS) is 18.2. The number of benzene rings is 1. The minimum absolute atomic E-state index is 0.160. The molecule has 1 aromatic carbocycles. The van der Waals surface area contributed by atoms with E-state index in [1.807, 2.05) is 24.3 Å². The summed E-state index contributed by atoms with van der Waals surface area (Å²) in [5.41, 5.74) is 0. The van der Waals surface area contributed by atoms with Gasteiger partial charge in [0.1, 0.15) is 5.75 Å². The van der Waals surface area contributed by atoms with E-state index in [4.69, 9.17) is 4.74 Å². The maximum Gasteiger partial charge on any atom is 0.220 e. The number of nitrogens with one attached hydrogen (secondary N) is 2. The first-order valence-electron chi connectivity index (χ1n) is 7.62. The predicted molar refractivity (Wildman–Crippen MR) is 87.5 cm³/mol. The Hall–Kier alpha value is -1.07. The minimum atomic E-state index is 0.160. The summed E-state index contributed by atoms with van der Waals surface area (Å²) in [6, 6.07) is 8.10. The highest BCUT2D eigenvalue weighted by Gasteiger charge is 2.14. The van der Waals surface area contributed by atoms with E-state index in [0.717, 1.165) is 49.0 Å². The molecule has 116 valence electrons. The number of carbonyl (C=O) groups excluding carboxylic acids is 1. The summed E-state index contributed by atoms with van der Waals surface area (Å²) < 4.78 is 6.68. The summed E-state index contributed by atoms with van der Waals surface area (Å²) in [4.78, 5) is 11.8. The Morgan fingerprint density at radius 3 is 2.86 bits per heavy atom. The molecule has 1 aliphatic rings. The van der Waals surface area contributed by atoms with Crippen LogP contribution in [0, 0.1) is 0 Å². The van der Waals surface area contributed by atoms with E-state index < -0.39 is 0 Å². The van der Waals surface area contributed by atoms with Crippen LogP contribution in [-0.2, 0) is 4.79 Å². The van der Waals surface area contributed by atoms with E-state index in [1.54, 1.807) is 0 Å². The average molecular weight is 355 g/mol. The Balaban J connectivity index is 1.52. The summed E-state index contributed by atoms with van der Waals surface area (Å²) >= 11 is 3.39. The van der Waals surface area contributed by atoms with Crippen molar-refractivity contribution in [3.63, 3.8) is 0 Å². The van der Waals surface area contributed by atoms with Gasteiger partial charge < -0.3 is 15.4 Å². The standard InChI is InChI=1S/C16H23BrN2O2/c17-13-6-8-15(9-7-13)21-11-2-1-5-16(20)19-14-4-3-10-18-12-14/h6-9,14,18H,1-5,10-12H2,(H,19,20). The zero-order valence-electron chi connectivity index (χ0n) is 12.2. The summed E-state index contributed by atoms with van der Waals surface area (Å²) in [7, 11) is 0. The van der Waals surface area contributed by atoms with Crippen LogP contribution in [0.2, 0.25) is 0 Å². The fraction of sp³-hybridized carbons (Fsp3) is 0.562. The van der Waals surface area contributed by atoms with Crippen molar-refractivity contribution in [1.29, 1.82) is 0 Å². The molecule has 1 atom stereocenters. The lowest BCUT2D eigenvalue weighted by Gasteiger charge is -2.23. The fourth-order valence-electron chi connectivity index (χ4n) is 2.38. The molecule has 0 aromatic heterocycles. The van der Waals surface area contributed by atoms with Crippen molar-refractivity contribution in [3.05, 3.63) is 28.7 Å². The summed E-state index contributed by atoms with van der Waals surface area (Å²) in [5.74, 6) is 1.03. The molecule has 0 spiro atoms. The number of amides is 1. The van der Waals surface area contributed by atoms with Crippen molar-refractivity contribution in [2.45, 2.75) is 38.1 Å². The summed E-state index contributed by atoms with van der Waals surface area (Å²) in [6.07, 6.45) is 4.58. The average Bonchev–Trinajstić information content (AvgIpc) is 2.50. The largest absolute Gasteiger partial charge is 0.494 e. The molecule has 1 saturated heterocycles. The van der Waals surface area contributed by atoms with Crippen molar-refractivity contribution in [1.82, 2.24) is 10.6 Å². The molecule has 21 heavy (non-hydrogen) atoms. The van der Waals surface area contributed by atoms with Crippen molar-refractivity contribution in [3.8, 4) is 5.75 Å². The lowest BCUT2D eigenvalue weighted by atomic mass is 10.1. The third-order valence-electron chi connectivity index (χ3n) is 3.54. The number of carbonyl (C=O) groups is 1. The Morgan fingerprint density at radius 2 is 2.14 bits per heavy atom. The molecule has 1 aromatic rings. The van der Waals surface area contributed by atoms with Crippen molar-refractivity contribution < 1.29 is 9.53 Å². The van der Waals surface area contributed by atoms with Gasteiger partial charge in [0.05, 0.1) is 6.61 Å². The third-order valence-corrected chi connectivity index (χ3v) is 4.07. The lowest BCUT2D eigenvalue weighted by molar-refractivity contribution is -0.122. The first-order chi connectivity index (χ1) is 10.2. The Labute approximate surface area is 134 Å². The van der Waals surface area contributed by atoms with Gasteiger partial charge in [-0.25, -0.2) is 0 Å². The molecule has 1 aliphatic heterocycles. The molecule has 0 aliphatic carbocycles. The summed E-state index contributed by atoms with van der Waals surface area (Å²) in [6.45, 7) is 2.62. The highest BCUT2D eigenvalue weighted by molar-refractivity contribution is 9.10. The van der Waals surface area contributed by atoms with E-state index >= 15 is 0 Å². The van der Waals surface area contributed by atoms with Crippen molar-refractivity contribution >= 4 is 21.8 Å². The van der Waals surface area contributed by atoms with E-state index in [0.29, 0.717) is 19.1 Å². The molecule has 0 saturated carbocycles. The van der Waals surface area contributed by atoms with Crippen molar-refractivity contribution in [2.24, 2.45) is 0 Å². The molecule has 2 N–H and O–H groups in total. The molecule has 4 nitrogen and oxygen atoms in total. The van der Waals surface area contributed by atoms with E-state index in [9.17, 15) is 4.79 Å². The van der Waals surface area contributed by atoms with Gasteiger partial charge in [-0.1, -0.05) is 15.9 Å². The number of halogens is 1. The van der Waals surface area contributed by atoms with Crippen LogP contribution in [0.15, 0.2) is 28.7 Å². The van der Waals surface area contributed by atoms with Gasteiger partial charge in [-0.15, -0.1) is 0 Å². The molecule has 0 radical (unpaired) electrons. The Kier molecular flexibility index (Phi) is 7.03. The van der Waals surface area contributed by atoms with E-state index in [2.05, 4.69) is 26.6 Å². The van der Waals surface area contributed by atoms with Crippen LogP contribution in [0.3, 0.4) is 0 Å². The second-order valence-corrected chi connectivity index (χ2v) is 6.29. The molecular weight excluding hydrogens is 332 g/mol. The minimum Gasteiger partial charge on any atom is -0.494 e.